The lowest BCUT2D eigenvalue weighted by Gasteiger charge is -2.38. The van der Waals surface area contributed by atoms with E-state index in [-0.39, 0.29) is 33.9 Å². The number of aliphatic hydroxyl groups excluding tert-OH is 2. The van der Waals surface area contributed by atoms with Gasteiger partial charge in [-0.05, 0) is 64.2 Å². The Morgan fingerprint density at radius 2 is 0.897 bits per heavy atom. The van der Waals surface area contributed by atoms with Crippen LogP contribution in [0.2, 0.25) is 0 Å². The molecule has 58 heavy (non-hydrogen) atoms. The van der Waals surface area contributed by atoms with E-state index in [0.717, 1.165) is 44.5 Å². The zero-order valence-electron chi connectivity index (χ0n) is 32.0. The number of benzene rings is 6. The average molecular weight is 765 g/mol. The maximum absolute atomic E-state index is 15.0. The van der Waals surface area contributed by atoms with E-state index in [1.54, 1.807) is 38.5 Å². The first kappa shape index (κ1) is 37.8. The summed E-state index contributed by atoms with van der Waals surface area (Å²) in [5.41, 5.74) is 8.54. The van der Waals surface area contributed by atoms with E-state index in [4.69, 9.17) is 9.47 Å². The standard InChI is InChI=1S/C50H40N2O6/c1-57-49-41(33-15-7-3-8-16-33)27-39(28-42(49)34-17-9-4-10-18-34)45-25-23-37(31-53)47(51(45)55)48-38(32-54)24-26-46(52(48)56)40-29-43(35-19-11-5-12-20-35)50(58-2)44(30-40)36-21-13-6-14-22-36/h3-30,53-54H,31-32H2,1-2H3. The van der Waals surface area contributed by atoms with Gasteiger partial charge in [-0.15, -0.1) is 0 Å². The molecule has 0 fully saturated rings. The van der Waals surface area contributed by atoms with E-state index in [9.17, 15) is 20.3 Å². The van der Waals surface area contributed by atoms with E-state index < -0.39 is 13.2 Å². The number of hydrogen-bond donors (Lipinski definition) is 2. The van der Waals surface area contributed by atoms with Crippen LogP contribution in [0, 0.1) is 10.1 Å². The fraction of sp³-hybridized carbons (Fsp3) is 0.0800. The molecule has 6 aromatic carbocycles. The minimum absolute atomic E-state index is 0.0701. The summed E-state index contributed by atoms with van der Waals surface area (Å²) < 4.78 is 12.7. The molecule has 2 aliphatic heterocycles. The quantitative estimate of drug-likeness (QED) is 0.134. The van der Waals surface area contributed by atoms with E-state index >= 15 is 0 Å². The van der Waals surface area contributed by atoms with Crippen molar-refractivity contribution in [2.75, 3.05) is 27.4 Å². The maximum atomic E-state index is 15.0. The summed E-state index contributed by atoms with van der Waals surface area (Å²) in [5, 5.41) is 37.0. The molecule has 0 saturated heterocycles. The second-order valence-corrected chi connectivity index (χ2v) is 13.8. The van der Waals surface area contributed by atoms with Crippen molar-refractivity contribution < 1.29 is 24.4 Å². The molecule has 6 aromatic rings. The van der Waals surface area contributed by atoms with Crippen LogP contribution in [-0.2, 0) is 0 Å². The first-order valence-electron chi connectivity index (χ1n) is 18.8. The van der Waals surface area contributed by atoms with Crippen LogP contribution in [0.4, 0.5) is 0 Å². The molecule has 0 radical (unpaired) electrons. The molecule has 0 aliphatic carbocycles. The molecule has 0 atom stereocenters. The van der Waals surface area contributed by atoms with Crippen molar-refractivity contribution in [3.8, 4) is 56.0 Å². The van der Waals surface area contributed by atoms with Gasteiger partial charge < -0.3 is 30.0 Å². The number of nitrogens with zero attached hydrogens (tertiary/aromatic N) is 2. The Bertz CT molecular complexity index is 2540. The molecule has 8 nitrogen and oxygen atoms in total. The fourth-order valence-electron chi connectivity index (χ4n) is 7.65. The zero-order valence-corrected chi connectivity index (χ0v) is 32.0. The monoisotopic (exact) mass is 764 g/mol. The van der Waals surface area contributed by atoms with Crippen LogP contribution < -0.4 is 9.47 Å². The number of nitroso groups, excluding NO2 is 1. The lowest BCUT2D eigenvalue weighted by atomic mass is 9.91. The summed E-state index contributed by atoms with van der Waals surface area (Å²) in [7, 11) is 3.25. The van der Waals surface area contributed by atoms with Gasteiger partial charge >= 0.3 is 0 Å². The molecule has 0 aromatic heterocycles. The van der Waals surface area contributed by atoms with E-state index in [1.165, 1.54) is 0 Å². The van der Waals surface area contributed by atoms with Crippen molar-refractivity contribution in [1.29, 1.82) is 0 Å². The second kappa shape index (κ2) is 16.6. The van der Waals surface area contributed by atoms with Crippen LogP contribution in [-0.4, -0.2) is 47.5 Å². The lowest BCUT2D eigenvalue weighted by Crippen LogP contribution is -2.27. The molecule has 0 saturated carbocycles. The number of ether oxygens (including phenoxy) is 2. The van der Waals surface area contributed by atoms with Crippen LogP contribution >= 0.6 is 0 Å². The van der Waals surface area contributed by atoms with Gasteiger partial charge in [-0.3, -0.25) is 0 Å². The van der Waals surface area contributed by atoms with Gasteiger partial charge in [-0.25, -0.2) is 0 Å². The second-order valence-electron chi connectivity index (χ2n) is 13.8. The summed E-state index contributed by atoms with van der Waals surface area (Å²) >= 11 is 0. The van der Waals surface area contributed by atoms with Gasteiger partial charge in [0, 0.05) is 44.5 Å². The van der Waals surface area contributed by atoms with Crippen molar-refractivity contribution >= 4 is 11.4 Å². The Morgan fingerprint density at radius 1 is 0.517 bits per heavy atom. The molecule has 0 unspecified atom stereocenters. The molecule has 0 bridgehead atoms. The molecule has 2 N–H and O–H groups in total. The maximum Gasteiger partial charge on any atom is 0.292 e. The van der Waals surface area contributed by atoms with Crippen molar-refractivity contribution in [2.24, 2.45) is 0 Å². The Balaban J connectivity index is 1.30. The smallest absolute Gasteiger partial charge is 0.292 e. The van der Waals surface area contributed by atoms with Crippen molar-refractivity contribution in [3.05, 3.63) is 214 Å². The van der Waals surface area contributed by atoms with Gasteiger partial charge in [0.05, 0.1) is 43.3 Å². The Morgan fingerprint density at radius 3 is 1.28 bits per heavy atom. The van der Waals surface area contributed by atoms with E-state index in [2.05, 4.69) is 0 Å². The third-order valence-electron chi connectivity index (χ3n) is 10.4. The van der Waals surface area contributed by atoms with Crippen LogP contribution in [0.5, 0.6) is 11.5 Å². The summed E-state index contributed by atoms with van der Waals surface area (Å²) in [5.74, 6) is 1.28. The van der Waals surface area contributed by atoms with Crippen LogP contribution in [0.3, 0.4) is 0 Å². The third-order valence-corrected chi connectivity index (χ3v) is 10.4. The number of aliphatic hydroxyl groups is 2. The zero-order chi connectivity index (χ0) is 40.2. The van der Waals surface area contributed by atoms with Gasteiger partial charge in [0.1, 0.15) is 17.2 Å². The van der Waals surface area contributed by atoms with Gasteiger partial charge in [0.15, 0.2) is 0 Å². The average Bonchev–Trinajstić information content (AvgIpc) is 3.29. The topological polar surface area (TPSA) is 105 Å². The largest absolute Gasteiger partial charge is 0.754 e. The fourth-order valence-corrected chi connectivity index (χ4v) is 7.65. The van der Waals surface area contributed by atoms with Gasteiger partial charge in [-0.2, -0.15) is 0 Å². The molecule has 8 heteroatoms. The molecular weight excluding hydrogens is 725 g/mol. The Hall–Kier alpha value is -7.10. The Kier molecular flexibility index (Phi) is 10.8. The predicted octanol–water partition coefficient (Wildman–Crippen LogP) is 10.4. The van der Waals surface area contributed by atoms with Crippen molar-refractivity contribution in [1.82, 2.24) is 5.06 Å². The van der Waals surface area contributed by atoms with E-state index in [1.807, 2.05) is 146 Å². The molecule has 8 rings (SSSR count). The first-order valence-corrected chi connectivity index (χ1v) is 18.8. The van der Waals surface area contributed by atoms with Crippen LogP contribution in [0.1, 0.15) is 11.1 Å². The highest BCUT2D eigenvalue weighted by Gasteiger charge is 2.38. The summed E-state index contributed by atoms with van der Waals surface area (Å²) in [6.45, 7) is -1.06. The molecule has 0 spiro atoms. The van der Waals surface area contributed by atoms with Crippen LogP contribution in [0.25, 0.3) is 55.9 Å². The number of allylic oxidation sites excluding steroid dienone is 4. The number of hydrogen-bond acceptors (Lipinski definition) is 7. The van der Waals surface area contributed by atoms with Gasteiger partial charge in [-0.1, -0.05) is 127 Å². The molecule has 0 amide bonds. The SMILES string of the molecule is COc1c(-c2ccccc2)cc(C2=CC=C(CO)C(=C3C(CO)=CC=C(c4cc(-c5ccccc5)c(OC)c(-c5ccccc5)c4)[N+]3=O)N2[O-])cc1-c1ccccc1. The lowest BCUT2D eigenvalue weighted by molar-refractivity contribution is -0.397. The molecule has 286 valence electrons. The third kappa shape index (κ3) is 6.97. The summed E-state index contributed by atoms with van der Waals surface area (Å²) in [6.07, 6.45) is 6.59. The molecule has 2 aliphatic rings. The summed E-state index contributed by atoms with van der Waals surface area (Å²) in [6, 6.07) is 46.7. The van der Waals surface area contributed by atoms with Crippen molar-refractivity contribution in [2.45, 2.75) is 0 Å². The highest BCUT2D eigenvalue weighted by atomic mass is 16.5. The van der Waals surface area contributed by atoms with Gasteiger partial charge in [0.25, 0.3) is 11.4 Å². The number of hydroxylamine groups is 2. The minimum Gasteiger partial charge on any atom is -0.754 e. The van der Waals surface area contributed by atoms with Crippen molar-refractivity contribution in [3.63, 3.8) is 0 Å². The Labute approximate surface area is 337 Å². The van der Waals surface area contributed by atoms with E-state index in [0.29, 0.717) is 32.4 Å². The van der Waals surface area contributed by atoms with Gasteiger partial charge in [0.2, 0.25) is 0 Å². The highest BCUT2D eigenvalue weighted by Crippen LogP contribution is 2.46. The number of methoxy groups -OCH3 is 2. The summed E-state index contributed by atoms with van der Waals surface area (Å²) in [4.78, 5) is 15.0. The molecular formula is C50H40N2O6. The predicted molar refractivity (Wildman–Crippen MR) is 230 cm³/mol. The minimum atomic E-state index is -0.529. The normalized spacial score (nSPS) is 15.3. The van der Waals surface area contributed by atoms with Crippen LogP contribution in [0.15, 0.2) is 192 Å². The molecule has 2 heterocycles. The number of rotatable bonds is 10. The first-order chi connectivity index (χ1) is 28.4. The highest BCUT2D eigenvalue weighted by molar-refractivity contribution is 5.89.